The zero-order chi connectivity index (χ0) is 21.8. The van der Waals surface area contributed by atoms with E-state index in [1.54, 1.807) is 13.1 Å². The Morgan fingerprint density at radius 2 is 2.17 bits per heavy atom. The summed E-state index contributed by atoms with van der Waals surface area (Å²) < 4.78 is 50.5. The number of nitrogens with two attached hydrogens (primary N) is 1. The van der Waals surface area contributed by atoms with Crippen molar-refractivity contribution >= 4 is 20.3 Å². The fourth-order valence-electron chi connectivity index (χ4n) is 2.52. The van der Waals surface area contributed by atoms with Crippen molar-refractivity contribution in [3.63, 3.8) is 0 Å². The molecule has 1 aromatic rings. The van der Waals surface area contributed by atoms with Crippen LogP contribution in [0, 0.1) is 0 Å². The number of aliphatic hydroxyl groups is 1. The molecule has 1 fully saturated rings. The van der Waals surface area contributed by atoms with Crippen LogP contribution in [0.15, 0.2) is 29.7 Å². The third kappa shape index (κ3) is 5.67. The first-order valence-electron chi connectivity index (χ1n) is 8.61. The maximum atomic E-state index is 14.5. The molecule has 0 saturated carbocycles. The highest BCUT2D eigenvalue weighted by Gasteiger charge is 2.60. The molecule has 3 unspecified atom stereocenters. The van der Waals surface area contributed by atoms with Gasteiger partial charge in [0.15, 0.2) is 6.10 Å². The highest BCUT2D eigenvalue weighted by atomic mass is 28.4. The topological polar surface area (TPSA) is 135 Å². The van der Waals surface area contributed by atoms with Crippen LogP contribution in [0.25, 0.3) is 0 Å². The Morgan fingerprint density at radius 1 is 1.48 bits per heavy atom. The maximum absolute atomic E-state index is 14.5. The van der Waals surface area contributed by atoms with Crippen molar-refractivity contribution in [2.24, 2.45) is 0 Å². The van der Waals surface area contributed by atoms with E-state index in [1.165, 1.54) is 6.07 Å². The minimum Gasteiger partial charge on any atom is -0.460 e. The van der Waals surface area contributed by atoms with Gasteiger partial charge >= 0.3 is 26.1 Å². The molecule has 3 N–H and O–H groups in total. The van der Waals surface area contributed by atoms with Crippen LogP contribution in [0.1, 0.15) is 6.23 Å². The van der Waals surface area contributed by atoms with Gasteiger partial charge in [-0.05, 0) is 19.2 Å². The quantitative estimate of drug-likeness (QED) is 0.241. The summed E-state index contributed by atoms with van der Waals surface area (Å²) in [5, 5.41) is 9.99. The lowest BCUT2D eigenvalue weighted by Gasteiger charge is -2.25. The second-order valence-electron chi connectivity index (χ2n) is 6.62. The number of hydrogen-bond acceptors (Lipinski definition) is 9. The normalized spacial score (nSPS) is 23.7. The Kier molecular flexibility index (Phi) is 7.23. The Balaban J connectivity index is 1.96. The van der Waals surface area contributed by atoms with E-state index < -0.39 is 51.2 Å². The Labute approximate surface area is 166 Å². The summed E-state index contributed by atoms with van der Waals surface area (Å²) in [6, 6.07) is 1.17. The molecule has 0 aliphatic carbocycles. The monoisotopic (exact) mass is 435 g/mol. The first-order chi connectivity index (χ1) is 13.5. The van der Waals surface area contributed by atoms with Gasteiger partial charge in [0.25, 0.3) is 0 Å². The van der Waals surface area contributed by atoms with Crippen LogP contribution in [0.3, 0.4) is 0 Å². The highest BCUT2D eigenvalue weighted by Crippen LogP contribution is 2.42. The summed E-state index contributed by atoms with van der Waals surface area (Å²) in [5.41, 5.74) is 4.32. The number of rotatable bonds is 9. The van der Waals surface area contributed by atoms with Gasteiger partial charge in [-0.2, -0.15) is 13.8 Å². The number of hydrogen-bond donors (Lipinski definition) is 2. The zero-order valence-electron chi connectivity index (χ0n) is 15.9. The smallest absolute Gasteiger partial charge is 0.351 e. The number of aliphatic hydroxyl groups excluding tert-OH is 1. The van der Waals surface area contributed by atoms with Crippen molar-refractivity contribution in [1.82, 2.24) is 9.55 Å². The summed E-state index contributed by atoms with van der Waals surface area (Å²) in [5.74, 6) is -4.49. The van der Waals surface area contributed by atoms with E-state index in [1.807, 2.05) is 0 Å². The van der Waals surface area contributed by atoms with Crippen molar-refractivity contribution < 1.29 is 37.0 Å². The van der Waals surface area contributed by atoms with E-state index in [-0.39, 0.29) is 19.0 Å². The molecule has 2 heterocycles. The summed E-state index contributed by atoms with van der Waals surface area (Å²) in [6.07, 6.45) is -3.65. The largest absolute Gasteiger partial charge is 0.460 e. The predicted molar refractivity (Wildman–Crippen MR) is 98.3 cm³/mol. The van der Waals surface area contributed by atoms with E-state index in [2.05, 4.69) is 11.6 Å². The minimum absolute atomic E-state index is 0.0274. The van der Waals surface area contributed by atoms with Crippen molar-refractivity contribution in [2.45, 2.75) is 37.5 Å². The Bertz CT molecular complexity index is 805. The van der Waals surface area contributed by atoms with Gasteiger partial charge in [0.2, 0.25) is 6.23 Å². The number of anilines is 1. The van der Waals surface area contributed by atoms with Gasteiger partial charge in [0.05, 0.1) is 13.2 Å². The molecule has 0 bridgehead atoms. The van der Waals surface area contributed by atoms with Gasteiger partial charge < -0.3 is 29.2 Å². The molecule has 1 aliphatic heterocycles. The van der Waals surface area contributed by atoms with Crippen molar-refractivity contribution in [2.75, 3.05) is 25.6 Å². The van der Waals surface area contributed by atoms with Gasteiger partial charge in [-0.15, -0.1) is 0 Å². The van der Waals surface area contributed by atoms with Gasteiger partial charge in [-0.25, -0.2) is 9.59 Å². The Morgan fingerprint density at radius 3 is 2.79 bits per heavy atom. The molecule has 162 valence electrons. The van der Waals surface area contributed by atoms with Crippen LogP contribution in [0.4, 0.5) is 14.6 Å². The van der Waals surface area contributed by atoms with Gasteiger partial charge in [-0.3, -0.25) is 4.57 Å². The van der Waals surface area contributed by atoms with Crippen LogP contribution in [-0.2, 0) is 23.1 Å². The number of carbonyl (C=O) groups is 1. The number of carbonyl (C=O) groups excluding carboxylic acids is 1. The molecule has 29 heavy (non-hydrogen) atoms. The van der Waals surface area contributed by atoms with E-state index in [4.69, 9.17) is 24.1 Å². The molecule has 0 amide bonds. The van der Waals surface area contributed by atoms with Gasteiger partial charge in [0.1, 0.15) is 18.5 Å². The number of nitrogen functional groups attached to an aromatic ring is 1. The molecule has 10 nitrogen and oxygen atoms in total. The fourth-order valence-corrected chi connectivity index (χ4v) is 3.75. The molecule has 2 rings (SSSR count). The van der Waals surface area contributed by atoms with Crippen LogP contribution in [-0.4, -0.2) is 67.1 Å². The van der Waals surface area contributed by atoms with E-state index >= 15 is 0 Å². The number of ether oxygens (including phenoxy) is 2. The van der Waals surface area contributed by atoms with Crippen molar-refractivity contribution in [3.8, 4) is 0 Å². The average molecular weight is 435 g/mol. The van der Waals surface area contributed by atoms with Crippen LogP contribution in [0.2, 0.25) is 13.1 Å². The van der Waals surface area contributed by atoms with Crippen molar-refractivity contribution in [1.29, 1.82) is 0 Å². The van der Waals surface area contributed by atoms with Crippen LogP contribution in [0.5, 0.6) is 0 Å². The molecule has 1 saturated heterocycles. The van der Waals surface area contributed by atoms with E-state index in [0.717, 1.165) is 12.3 Å². The summed E-state index contributed by atoms with van der Waals surface area (Å²) in [6.45, 7) is 6.17. The lowest BCUT2D eigenvalue weighted by molar-refractivity contribution is -0.141. The second-order valence-corrected chi connectivity index (χ2v) is 10.00. The van der Waals surface area contributed by atoms with E-state index in [9.17, 15) is 23.5 Å². The number of esters is 1. The first kappa shape index (κ1) is 23.1. The minimum atomic E-state index is -3.76. The van der Waals surface area contributed by atoms with Crippen molar-refractivity contribution in [3.05, 3.63) is 35.4 Å². The predicted octanol–water partition coefficient (Wildman–Crippen LogP) is 0.183. The second kappa shape index (κ2) is 9.09. The summed E-state index contributed by atoms with van der Waals surface area (Å²) in [7, 11) is -2.80. The fraction of sp³-hybridized carbons (Fsp3) is 0.562. The molecule has 3 atom stereocenters. The zero-order valence-corrected chi connectivity index (χ0v) is 16.9. The number of alkyl halides is 2. The molecule has 13 heteroatoms. The molecular weight excluding hydrogens is 412 g/mol. The molecule has 0 spiro atoms. The highest BCUT2D eigenvalue weighted by molar-refractivity contribution is 6.64. The summed E-state index contributed by atoms with van der Waals surface area (Å²) in [4.78, 5) is 26.2. The lowest BCUT2D eigenvalue weighted by Crippen LogP contribution is -2.44. The third-order valence-electron chi connectivity index (χ3n) is 4.02. The number of halogens is 2. The first-order valence-corrected chi connectivity index (χ1v) is 11.4. The van der Waals surface area contributed by atoms with Gasteiger partial charge in [0, 0.05) is 12.3 Å². The Hall–Kier alpha value is -2.19. The molecule has 0 aromatic carbocycles. The van der Waals surface area contributed by atoms with Crippen LogP contribution >= 0.6 is 0 Å². The average Bonchev–Trinajstić information content (AvgIpc) is 2.87. The van der Waals surface area contributed by atoms with E-state index in [0.29, 0.717) is 4.57 Å². The molecule has 1 aliphatic rings. The maximum Gasteiger partial charge on any atom is 0.351 e. The third-order valence-corrected chi connectivity index (χ3v) is 5.78. The SMILES string of the molecule is C=CC(=O)OCCO[Si](C)(C)OCC1OC(n2ccc(N)nc2=O)C(F)(F)C1O. The molecule has 0 radical (unpaired) electrons. The van der Waals surface area contributed by atoms with Crippen LogP contribution < -0.4 is 11.4 Å². The molecule has 1 aromatic heterocycles. The molecular formula is C16H23F2N3O7Si. The standard InChI is InChI=1S/C16H23F2N3O7Si/c1-4-12(22)25-7-8-26-29(2,3)27-9-10-13(23)16(17,18)14(28-10)21-6-5-11(19)20-15(21)24/h4-6,10,13-14,23H,1,7-9H2,2-3H3,(H2,19,20,24). The number of aromatic nitrogens is 2. The lowest BCUT2D eigenvalue weighted by atomic mass is 10.1. The summed E-state index contributed by atoms with van der Waals surface area (Å²) >= 11 is 0. The number of nitrogens with zero attached hydrogens (tertiary/aromatic N) is 2. The van der Waals surface area contributed by atoms with Gasteiger partial charge in [-0.1, -0.05) is 6.58 Å².